The third-order valence-electron chi connectivity index (χ3n) is 4.71. The van der Waals surface area contributed by atoms with Crippen LogP contribution in [-0.2, 0) is 6.54 Å². The maximum absolute atomic E-state index is 12.7. The number of thiophene rings is 1. The number of ether oxygens (including phenoxy) is 2. The molecule has 0 bridgehead atoms. The molecule has 0 aliphatic carbocycles. The number of benzene rings is 1. The molecule has 0 unspecified atom stereocenters. The summed E-state index contributed by atoms with van der Waals surface area (Å²) in [5.41, 5.74) is 3.02. The minimum Gasteiger partial charge on any atom is -0.490 e. The van der Waals surface area contributed by atoms with Crippen LogP contribution in [0.2, 0.25) is 0 Å². The zero-order valence-corrected chi connectivity index (χ0v) is 16.3. The molecular weight excluding hydrogens is 388 g/mol. The van der Waals surface area contributed by atoms with E-state index in [0.29, 0.717) is 36.7 Å². The van der Waals surface area contributed by atoms with Crippen molar-refractivity contribution < 1.29 is 9.47 Å². The van der Waals surface area contributed by atoms with E-state index >= 15 is 0 Å². The van der Waals surface area contributed by atoms with Gasteiger partial charge in [0.25, 0.3) is 5.56 Å². The van der Waals surface area contributed by atoms with Crippen LogP contribution in [0.4, 0.5) is 5.95 Å². The largest absolute Gasteiger partial charge is 0.490 e. The van der Waals surface area contributed by atoms with E-state index in [1.165, 1.54) is 0 Å². The Morgan fingerprint density at radius 2 is 2.03 bits per heavy atom. The van der Waals surface area contributed by atoms with Crippen LogP contribution in [0.1, 0.15) is 12.0 Å². The van der Waals surface area contributed by atoms with Gasteiger partial charge in [-0.15, -0.1) is 0 Å². The third kappa shape index (κ3) is 3.54. The van der Waals surface area contributed by atoms with Crippen molar-refractivity contribution in [3.05, 3.63) is 63.2 Å². The van der Waals surface area contributed by atoms with Crippen LogP contribution >= 0.6 is 11.3 Å². The SMILES string of the molecule is O=c1[nH]c(NCc2ccc3c(c2)OCCCO3)nc2nccc(-c3ccsc3)c12. The lowest BCUT2D eigenvalue weighted by Gasteiger charge is -2.11. The van der Waals surface area contributed by atoms with Crippen molar-refractivity contribution in [1.29, 1.82) is 0 Å². The highest BCUT2D eigenvalue weighted by Crippen LogP contribution is 2.30. The molecule has 0 spiro atoms. The molecule has 2 N–H and O–H groups in total. The Labute approximate surface area is 170 Å². The summed E-state index contributed by atoms with van der Waals surface area (Å²) in [4.78, 5) is 24.4. The predicted octanol–water partition coefficient (Wildman–Crippen LogP) is 3.82. The van der Waals surface area contributed by atoms with Gasteiger partial charge >= 0.3 is 0 Å². The monoisotopic (exact) mass is 406 g/mol. The van der Waals surface area contributed by atoms with E-state index in [1.807, 2.05) is 41.1 Å². The lowest BCUT2D eigenvalue weighted by Crippen LogP contribution is -2.14. The smallest absolute Gasteiger partial charge is 0.262 e. The highest BCUT2D eigenvalue weighted by atomic mass is 32.1. The second-order valence-electron chi connectivity index (χ2n) is 6.67. The van der Waals surface area contributed by atoms with Gasteiger partial charge in [0.05, 0.1) is 18.6 Å². The van der Waals surface area contributed by atoms with Crippen LogP contribution in [0.15, 0.2) is 52.1 Å². The minimum absolute atomic E-state index is 0.217. The lowest BCUT2D eigenvalue weighted by atomic mass is 10.1. The van der Waals surface area contributed by atoms with Gasteiger partial charge in [-0.05, 0) is 46.2 Å². The molecular formula is C21H18N4O3S. The summed E-state index contributed by atoms with van der Waals surface area (Å²) in [6.45, 7) is 1.78. The average Bonchev–Trinajstić information content (AvgIpc) is 3.17. The zero-order valence-electron chi connectivity index (χ0n) is 15.5. The van der Waals surface area contributed by atoms with Gasteiger partial charge < -0.3 is 14.8 Å². The summed E-state index contributed by atoms with van der Waals surface area (Å²) in [5.74, 6) is 1.88. The molecule has 0 saturated heterocycles. The van der Waals surface area contributed by atoms with Crippen LogP contribution in [0.25, 0.3) is 22.2 Å². The first-order chi connectivity index (χ1) is 14.3. The molecule has 146 valence electrons. The summed E-state index contributed by atoms with van der Waals surface area (Å²) in [6, 6.07) is 9.64. The number of hydrogen-bond donors (Lipinski definition) is 2. The summed E-state index contributed by atoms with van der Waals surface area (Å²) >= 11 is 1.58. The Hall–Kier alpha value is -3.39. The van der Waals surface area contributed by atoms with Crippen molar-refractivity contribution in [2.75, 3.05) is 18.5 Å². The Balaban J connectivity index is 1.42. The first-order valence-corrected chi connectivity index (χ1v) is 10.3. The number of nitrogens with zero attached hydrogens (tertiary/aromatic N) is 2. The molecule has 3 aromatic heterocycles. The number of aromatic amines is 1. The first kappa shape index (κ1) is 17.7. The van der Waals surface area contributed by atoms with Crippen LogP contribution in [-0.4, -0.2) is 28.2 Å². The van der Waals surface area contributed by atoms with Crippen molar-refractivity contribution in [2.45, 2.75) is 13.0 Å². The van der Waals surface area contributed by atoms with Gasteiger partial charge in [0.15, 0.2) is 17.1 Å². The van der Waals surface area contributed by atoms with Crippen LogP contribution in [0.3, 0.4) is 0 Å². The third-order valence-corrected chi connectivity index (χ3v) is 5.39. The summed E-state index contributed by atoms with van der Waals surface area (Å²) in [5, 5.41) is 7.65. The fourth-order valence-corrected chi connectivity index (χ4v) is 3.96. The predicted molar refractivity (Wildman–Crippen MR) is 113 cm³/mol. The molecule has 4 aromatic rings. The molecule has 5 rings (SSSR count). The van der Waals surface area contributed by atoms with Gasteiger partial charge in [0.2, 0.25) is 5.95 Å². The van der Waals surface area contributed by atoms with Crippen molar-refractivity contribution >= 4 is 28.3 Å². The van der Waals surface area contributed by atoms with Crippen molar-refractivity contribution in [3.63, 3.8) is 0 Å². The first-order valence-electron chi connectivity index (χ1n) is 9.32. The zero-order chi connectivity index (χ0) is 19.6. The summed E-state index contributed by atoms with van der Waals surface area (Å²) in [6.07, 6.45) is 2.54. The molecule has 1 aliphatic heterocycles. The summed E-state index contributed by atoms with van der Waals surface area (Å²) in [7, 11) is 0. The molecule has 1 aromatic carbocycles. The van der Waals surface area contributed by atoms with Gasteiger partial charge in [-0.2, -0.15) is 16.3 Å². The molecule has 0 radical (unpaired) electrons. The Bertz CT molecular complexity index is 1220. The number of rotatable bonds is 4. The number of fused-ring (bicyclic) bond motifs is 2. The van der Waals surface area contributed by atoms with E-state index in [2.05, 4.69) is 20.3 Å². The molecule has 0 fully saturated rings. The van der Waals surface area contributed by atoms with E-state index in [-0.39, 0.29) is 5.56 Å². The van der Waals surface area contributed by atoms with E-state index in [9.17, 15) is 4.79 Å². The van der Waals surface area contributed by atoms with Gasteiger partial charge in [0, 0.05) is 24.7 Å². The molecule has 0 saturated carbocycles. The molecule has 0 amide bonds. The standard InChI is InChI=1S/C21H18N4O3S/c26-20-18-15(14-5-9-29-12-14)4-6-22-19(18)24-21(25-20)23-11-13-2-3-16-17(10-13)28-8-1-7-27-16/h2-6,9-10,12H,1,7-8,11H2,(H2,22,23,24,25,26). The van der Waals surface area contributed by atoms with Crippen molar-refractivity contribution in [1.82, 2.24) is 15.0 Å². The molecule has 8 heteroatoms. The fourth-order valence-electron chi connectivity index (χ4n) is 3.31. The molecule has 4 heterocycles. The quantitative estimate of drug-likeness (QED) is 0.536. The second kappa shape index (κ2) is 7.56. The topological polar surface area (TPSA) is 89.1 Å². The Morgan fingerprint density at radius 3 is 2.90 bits per heavy atom. The molecule has 29 heavy (non-hydrogen) atoms. The minimum atomic E-state index is -0.217. The second-order valence-corrected chi connectivity index (χ2v) is 7.45. The number of anilines is 1. The van der Waals surface area contributed by atoms with E-state index in [4.69, 9.17) is 9.47 Å². The number of nitrogens with one attached hydrogen (secondary N) is 2. The van der Waals surface area contributed by atoms with Gasteiger partial charge in [-0.1, -0.05) is 6.07 Å². The summed E-state index contributed by atoms with van der Waals surface area (Å²) < 4.78 is 11.4. The van der Waals surface area contributed by atoms with Crippen LogP contribution in [0, 0.1) is 0 Å². The molecule has 7 nitrogen and oxygen atoms in total. The van der Waals surface area contributed by atoms with E-state index in [1.54, 1.807) is 17.5 Å². The van der Waals surface area contributed by atoms with E-state index < -0.39 is 0 Å². The number of aromatic nitrogens is 3. The van der Waals surface area contributed by atoms with Gasteiger partial charge in [-0.3, -0.25) is 9.78 Å². The normalized spacial score (nSPS) is 13.2. The van der Waals surface area contributed by atoms with Gasteiger partial charge in [-0.25, -0.2) is 4.98 Å². The Morgan fingerprint density at radius 1 is 1.14 bits per heavy atom. The fraction of sp³-hybridized carbons (Fsp3) is 0.190. The van der Waals surface area contributed by atoms with Crippen LogP contribution < -0.4 is 20.3 Å². The van der Waals surface area contributed by atoms with E-state index in [0.717, 1.165) is 34.6 Å². The average molecular weight is 406 g/mol. The number of hydrogen-bond acceptors (Lipinski definition) is 7. The highest BCUT2D eigenvalue weighted by Gasteiger charge is 2.13. The van der Waals surface area contributed by atoms with Crippen molar-refractivity contribution in [2.24, 2.45) is 0 Å². The van der Waals surface area contributed by atoms with Crippen molar-refractivity contribution in [3.8, 4) is 22.6 Å². The van der Waals surface area contributed by atoms with Gasteiger partial charge in [0.1, 0.15) is 0 Å². The number of pyridine rings is 1. The van der Waals surface area contributed by atoms with Crippen LogP contribution in [0.5, 0.6) is 11.5 Å². The highest BCUT2D eigenvalue weighted by molar-refractivity contribution is 7.08. The maximum Gasteiger partial charge on any atom is 0.262 e. The maximum atomic E-state index is 12.7. The Kier molecular flexibility index (Phi) is 4.61. The molecule has 1 aliphatic rings. The number of H-pyrrole nitrogens is 1. The molecule has 0 atom stereocenters. The lowest BCUT2D eigenvalue weighted by molar-refractivity contribution is 0.297.